The fourth-order valence-electron chi connectivity index (χ4n) is 1.57. The molecule has 0 bridgehead atoms. The van der Waals surface area contributed by atoms with Gasteiger partial charge in [-0.1, -0.05) is 19.1 Å². The first-order valence-corrected chi connectivity index (χ1v) is 6.86. The van der Waals surface area contributed by atoms with Crippen molar-refractivity contribution in [2.75, 3.05) is 0 Å². The number of carbonyl (C=O) groups is 1. The Kier molecular flexibility index (Phi) is 5.68. The van der Waals surface area contributed by atoms with Gasteiger partial charge in [-0.05, 0) is 57.4 Å². The molecule has 0 amide bonds. The maximum atomic E-state index is 11.6. The van der Waals surface area contributed by atoms with E-state index < -0.39 is 5.60 Å². The molecule has 0 radical (unpaired) electrons. The molecule has 0 aromatic carbocycles. The Morgan fingerprint density at radius 2 is 2.05 bits per heavy atom. The van der Waals surface area contributed by atoms with E-state index in [1.54, 1.807) is 12.3 Å². The molecule has 0 saturated heterocycles. The van der Waals surface area contributed by atoms with Gasteiger partial charge in [-0.2, -0.15) is 0 Å². The van der Waals surface area contributed by atoms with Crippen LogP contribution in [0.5, 0.6) is 0 Å². The van der Waals surface area contributed by atoms with Gasteiger partial charge in [0.1, 0.15) is 5.60 Å². The highest BCUT2D eigenvalue weighted by Gasteiger charge is 2.13. The molecular weight excluding hydrogens is 250 g/mol. The van der Waals surface area contributed by atoms with Crippen molar-refractivity contribution in [3.8, 4) is 0 Å². The third-order valence-corrected chi connectivity index (χ3v) is 2.50. The van der Waals surface area contributed by atoms with E-state index in [9.17, 15) is 4.79 Å². The van der Waals surface area contributed by atoms with Gasteiger partial charge in [0, 0.05) is 18.0 Å². The van der Waals surface area contributed by atoms with Gasteiger partial charge in [-0.25, -0.2) is 4.79 Å². The molecule has 0 aliphatic heterocycles. The molecular formula is C17H23NO2. The van der Waals surface area contributed by atoms with E-state index in [0.29, 0.717) is 0 Å². The minimum atomic E-state index is -0.470. The summed E-state index contributed by atoms with van der Waals surface area (Å²) in [6.45, 7) is 9.60. The SMILES string of the molecule is CC/C=C\c1cc(/C=C/C(=O)OC(C)(C)C)cnc1C. The fraction of sp³-hybridized carbons (Fsp3) is 0.412. The zero-order chi connectivity index (χ0) is 15.2. The van der Waals surface area contributed by atoms with Gasteiger partial charge in [0.15, 0.2) is 0 Å². The molecule has 0 fully saturated rings. The number of carbonyl (C=O) groups excluding carboxylic acids is 1. The van der Waals surface area contributed by atoms with Crippen LogP contribution in [0.25, 0.3) is 12.2 Å². The number of ether oxygens (including phenoxy) is 1. The summed E-state index contributed by atoms with van der Waals surface area (Å²) in [5.41, 5.74) is 2.46. The van der Waals surface area contributed by atoms with Crippen LogP contribution in [0, 0.1) is 6.92 Å². The Bertz CT molecular complexity index is 522. The lowest BCUT2D eigenvalue weighted by atomic mass is 10.1. The van der Waals surface area contributed by atoms with E-state index in [-0.39, 0.29) is 5.97 Å². The molecule has 1 rings (SSSR count). The van der Waals surface area contributed by atoms with Crippen molar-refractivity contribution in [3.63, 3.8) is 0 Å². The van der Waals surface area contributed by atoms with Crippen molar-refractivity contribution in [1.29, 1.82) is 0 Å². The second-order valence-electron chi connectivity index (χ2n) is 5.62. The Morgan fingerprint density at radius 3 is 2.65 bits per heavy atom. The molecule has 108 valence electrons. The summed E-state index contributed by atoms with van der Waals surface area (Å²) in [6, 6.07) is 2.01. The Morgan fingerprint density at radius 1 is 1.35 bits per heavy atom. The Balaban J connectivity index is 2.83. The zero-order valence-electron chi connectivity index (χ0n) is 12.9. The molecule has 3 nitrogen and oxygen atoms in total. The summed E-state index contributed by atoms with van der Waals surface area (Å²) < 4.78 is 5.22. The van der Waals surface area contributed by atoms with Gasteiger partial charge in [0.25, 0.3) is 0 Å². The minimum absolute atomic E-state index is 0.344. The molecule has 3 heteroatoms. The highest BCUT2D eigenvalue weighted by Crippen LogP contribution is 2.13. The lowest BCUT2D eigenvalue weighted by Gasteiger charge is -2.17. The van der Waals surface area contributed by atoms with Crippen molar-refractivity contribution in [3.05, 3.63) is 41.2 Å². The maximum Gasteiger partial charge on any atom is 0.331 e. The van der Waals surface area contributed by atoms with Crippen molar-refractivity contribution in [1.82, 2.24) is 4.98 Å². The van der Waals surface area contributed by atoms with E-state index in [1.165, 1.54) is 6.08 Å². The normalized spacial score (nSPS) is 12.2. The summed E-state index contributed by atoms with van der Waals surface area (Å²) in [5.74, 6) is -0.344. The topological polar surface area (TPSA) is 39.2 Å². The zero-order valence-corrected chi connectivity index (χ0v) is 12.9. The van der Waals surface area contributed by atoms with Gasteiger partial charge in [-0.15, -0.1) is 0 Å². The summed E-state index contributed by atoms with van der Waals surface area (Å²) in [7, 11) is 0. The first-order valence-electron chi connectivity index (χ1n) is 6.86. The molecule has 0 aliphatic rings. The van der Waals surface area contributed by atoms with Gasteiger partial charge in [0.2, 0.25) is 0 Å². The van der Waals surface area contributed by atoms with Crippen LogP contribution in [0.4, 0.5) is 0 Å². The fourth-order valence-corrected chi connectivity index (χ4v) is 1.57. The van der Waals surface area contributed by atoms with Crippen LogP contribution in [-0.4, -0.2) is 16.6 Å². The van der Waals surface area contributed by atoms with Crippen molar-refractivity contribution >= 4 is 18.1 Å². The molecule has 1 heterocycles. The van der Waals surface area contributed by atoms with E-state index >= 15 is 0 Å². The quantitative estimate of drug-likeness (QED) is 0.610. The third kappa shape index (κ3) is 5.83. The molecule has 0 N–H and O–H groups in total. The molecule has 1 aromatic rings. The van der Waals surface area contributed by atoms with Gasteiger partial charge in [-0.3, -0.25) is 4.98 Å². The molecule has 20 heavy (non-hydrogen) atoms. The van der Waals surface area contributed by atoms with Crippen LogP contribution in [0.15, 0.2) is 24.4 Å². The largest absolute Gasteiger partial charge is 0.457 e. The van der Waals surface area contributed by atoms with E-state index in [0.717, 1.165) is 23.2 Å². The standard InChI is InChI=1S/C17H23NO2/c1-6-7-8-15-11-14(12-18-13(15)2)9-10-16(19)20-17(3,4)5/h7-12H,6H2,1-5H3/b8-7-,10-9+. The molecule has 0 unspecified atom stereocenters. The van der Waals surface area contributed by atoms with Crippen molar-refractivity contribution in [2.45, 2.75) is 46.6 Å². The van der Waals surface area contributed by atoms with Crippen LogP contribution in [0.2, 0.25) is 0 Å². The molecule has 1 aromatic heterocycles. The van der Waals surface area contributed by atoms with Crippen LogP contribution >= 0.6 is 0 Å². The van der Waals surface area contributed by atoms with E-state index in [2.05, 4.69) is 18.0 Å². The lowest BCUT2D eigenvalue weighted by Crippen LogP contribution is -2.22. The number of aromatic nitrogens is 1. The maximum absolute atomic E-state index is 11.6. The predicted octanol–water partition coefficient (Wildman–Crippen LogP) is 4.17. The second-order valence-corrected chi connectivity index (χ2v) is 5.62. The van der Waals surface area contributed by atoms with Crippen LogP contribution in [0.1, 0.15) is 50.9 Å². The number of esters is 1. The summed E-state index contributed by atoms with van der Waals surface area (Å²) in [6.07, 6.45) is 10.0. The lowest BCUT2D eigenvalue weighted by molar-refractivity contribution is -0.148. The van der Waals surface area contributed by atoms with E-state index in [4.69, 9.17) is 4.74 Å². The van der Waals surface area contributed by atoms with Gasteiger partial charge >= 0.3 is 5.97 Å². The van der Waals surface area contributed by atoms with Crippen molar-refractivity contribution < 1.29 is 9.53 Å². The minimum Gasteiger partial charge on any atom is -0.457 e. The van der Waals surface area contributed by atoms with E-state index in [1.807, 2.05) is 39.8 Å². The monoisotopic (exact) mass is 273 g/mol. The molecule has 0 atom stereocenters. The number of aryl methyl sites for hydroxylation is 1. The number of hydrogen-bond acceptors (Lipinski definition) is 3. The number of nitrogens with zero attached hydrogens (tertiary/aromatic N) is 1. The second kappa shape index (κ2) is 7.04. The van der Waals surface area contributed by atoms with Crippen LogP contribution < -0.4 is 0 Å². The third-order valence-electron chi connectivity index (χ3n) is 2.50. The summed E-state index contributed by atoms with van der Waals surface area (Å²) >= 11 is 0. The Labute approximate surface area is 121 Å². The number of hydrogen-bond donors (Lipinski definition) is 0. The van der Waals surface area contributed by atoms with Gasteiger partial charge in [0.05, 0.1) is 0 Å². The highest BCUT2D eigenvalue weighted by atomic mass is 16.6. The smallest absolute Gasteiger partial charge is 0.331 e. The van der Waals surface area contributed by atoms with Crippen molar-refractivity contribution in [2.24, 2.45) is 0 Å². The highest BCUT2D eigenvalue weighted by molar-refractivity contribution is 5.87. The summed E-state index contributed by atoms with van der Waals surface area (Å²) in [4.78, 5) is 15.9. The number of allylic oxidation sites excluding steroid dienone is 1. The molecule has 0 aliphatic carbocycles. The van der Waals surface area contributed by atoms with Crippen LogP contribution in [-0.2, 0) is 9.53 Å². The number of pyridine rings is 1. The Hall–Kier alpha value is -1.90. The molecule has 0 saturated carbocycles. The van der Waals surface area contributed by atoms with Gasteiger partial charge < -0.3 is 4.74 Å². The predicted molar refractivity (Wildman–Crippen MR) is 83.2 cm³/mol. The first kappa shape index (κ1) is 16.2. The summed E-state index contributed by atoms with van der Waals surface area (Å²) in [5, 5.41) is 0. The average molecular weight is 273 g/mol. The average Bonchev–Trinajstić information content (AvgIpc) is 2.34. The molecule has 0 spiro atoms. The van der Waals surface area contributed by atoms with Crippen LogP contribution in [0.3, 0.4) is 0 Å². The number of rotatable bonds is 4. The first-order chi connectivity index (χ1) is 9.31.